The molecule has 0 heterocycles. The van der Waals surface area contributed by atoms with E-state index in [1.165, 1.54) is 4.31 Å². The minimum atomic E-state index is -3.62. The molecule has 1 amide bonds. The highest BCUT2D eigenvalue weighted by atomic mass is 32.2. The maximum atomic E-state index is 12.7. The molecule has 0 aliphatic carbocycles. The summed E-state index contributed by atoms with van der Waals surface area (Å²) in [6.07, 6.45) is 2.60. The average molecular weight is 419 g/mol. The zero-order chi connectivity index (χ0) is 21.6. The van der Waals surface area contributed by atoms with Gasteiger partial charge in [-0.05, 0) is 68.5 Å². The first-order valence-electron chi connectivity index (χ1n) is 9.60. The van der Waals surface area contributed by atoms with Crippen LogP contribution in [0.4, 0.5) is 5.69 Å². The SMILES string of the molecule is COc1ccccc1CCCNC(=O)[C@H](C)N(c1cc(C)cc(C)c1)S(C)(=O)=O. The van der Waals surface area contributed by atoms with Crippen molar-refractivity contribution in [1.82, 2.24) is 5.32 Å². The number of amides is 1. The van der Waals surface area contributed by atoms with Crippen molar-refractivity contribution < 1.29 is 17.9 Å². The van der Waals surface area contributed by atoms with Crippen LogP contribution in [0.5, 0.6) is 5.75 Å². The van der Waals surface area contributed by atoms with E-state index >= 15 is 0 Å². The monoisotopic (exact) mass is 418 g/mol. The Morgan fingerprint density at radius 2 is 1.76 bits per heavy atom. The fourth-order valence-electron chi connectivity index (χ4n) is 3.43. The Balaban J connectivity index is 2.04. The summed E-state index contributed by atoms with van der Waals surface area (Å²) in [7, 11) is -1.99. The molecule has 6 nitrogen and oxygen atoms in total. The number of nitrogens with zero attached hydrogens (tertiary/aromatic N) is 1. The lowest BCUT2D eigenvalue weighted by Gasteiger charge is -2.28. The molecule has 0 fully saturated rings. The zero-order valence-corrected chi connectivity index (χ0v) is 18.5. The number of nitrogens with one attached hydrogen (secondary N) is 1. The highest BCUT2D eigenvalue weighted by Gasteiger charge is 2.29. The fourth-order valence-corrected chi connectivity index (χ4v) is 4.59. The largest absolute Gasteiger partial charge is 0.496 e. The van der Waals surface area contributed by atoms with Crippen molar-refractivity contribution in [2.45, 2.75) is 39.7 Å². The molecule has 0 saturated carbocycles. The molecule has 2 aromatic carbocycles. The third-order valence-electron chi connectivity index (χ3n) is 4.66. The van der Waals surface area contributed by atoms with Crippen LogP contribution >= 0.6 is 0 Å². The predicted octanol–water partition coefficient (Wildman–Crippen LogP) is 3.22. The van der Waals surface area contributed by atoms with Crippen LogP contribution in [0, 0.1) is 13.8 Å². The van der Waals surface area contributed by atoms with Crippen LogP contribution < -0.4 is 14.4 Å². The highest BCUT2D eigenvalue weighted by Crippen LogP contribution is 2.24. The normalized spacial score (nSPS) is 12.3. The molecule has 0 aromatic heterocycles. The Kier molecular flexibility index (Phi) is 7.67. The summed E-state index contributed by atoms with van der Waals surface area (Å²) in [5.41, 5.74) is 3.46. The minimum Gasteiger partial charge on any atom is -0.496 e. The van der Waals surface area contributed by atoms with Gasteiger partial charge in [0.05, 0.1) is 19.1 Å². The number of carbonyl (C=O) groups excluding carboxylic acids is 1. The number of benzene rings is 2. The highest BCUT2D eigenvalue weighted by molar-refractivity contribution is 7.92. The summed E-state index contributed by atoms with van der Waals surface area (Å²) in [4.78, 5) is 12.7. The molecule has 0 aliphatic heterocycles. The van der Waals surface area contributed by atoms with Crippen LogP contribution in [0.25, 0.3) is 0 Å². The van der Waals surface area contributed by atoms with E-state index in [0.29, 0.717) is 12.2 Å². The molecule has 7 heteroatoms. The Labute approximate surface area is 173 Å². The summed E-state index contributed by atoms with van der Waals surface area (Å²) >= 11 is 0. The van der Waals surface area contributed by atoms with Gasteiger partial charge in [0.25, 0.3) is 0 Å². The molecule has 1 atom stereocenters. The fraction of sp³-hybridized carbons (Fsp3) is 0.409. The lowest BCUT2D eigenvalue weighted by atomic mass is 10.1. The Bertz CT molecular complexity index is 937. The van der Waals surface area contributed by atoms with E-state index in [9.17, 15) is 13.2 Å². The van der Waals surface area contributed by atoms with E-state index in [1.54, 1.807) is 26.2 Å². The molecule has 0 bridgehead atoms. The maximum Gasteiger partial charge on any atom is 0.243 e. The van der Waals surface area contributed by atoms with Crippen molar-refractivity contribution >= 4 is 21.6 Å². The van der Waals surface area contributed by atoms with Crippen molar-refractivity contribution in [2.24, 2.45) is 0 Å². The number of anilines is 1. The van der Waals surface area contributed by atoms with E-state index in [4.69, 9.17) is 4.74 Å². The van der Waals surface area contributed by atoms with Gasteiger partial charge in [0.1, 0.15) is 11.8 Å². The number of sulfonamides is 1. The molecule has 2 aromatic rings. The average Bonchev–Trinajstić information content (AvgIpc) is 2.63. The molecule has 0 unspecified atom stereocenters. The first kappa shape index (κ1) is 22.7. The molecule has 29 heavy (non-hydrogen) atoms. The molecule has 0 saturated heterocycles. The van der Waals surface area contributed by atoms with Gasteiger partial charge in [-0.3, -0.25) is 9.10 Å². The molecule has 0 radical (unpaired) electrons. The topological polar surface area (TPSA) is 75.7 Å². The quantitative estimate of drug-likeness (QED) is 0.635. The molecule has 2 rings (SSSR count). The van der Waals surface area contributed by atoms with Crippen LogP contribution in [0.2, 0.25) is 0 Å². The van der Waals surface area contributed by atoms with Gasteiger partial charge in [-0.15, -0.1) is 0 Å². The number of rotatable bonds is 9. The number of ether oxygens (including phenoxy) is 1. The van der Waals surface area contributed by atoms with Gasteiger partial charge in [-0.2, -0.15) is 0 Å². The van der Waals surface area contributed by atoms with Crippen molar-refractivity contribution in [2.75, 3.05) is 24.2 Å². The smallest absolute Gasteiger partial charge is 0.243 e. The Morgan fingerprint density at radius 1 is 1.14 bits per heavy atom. The number of hydrogen-bond acceptors (Lipinski definition) is 4. The van der Waals surface area contributed by atoms with E-state index in [2.05, 4.69) is 5.32 Å². The van der Waals surface area contributed by atoms with Crippen molar-refractivity contribution in [1.29, 1.82) is 0 Å². The van der Waals surface area contributed by atoms with Crippen molar-refractivity contribution in [3.8, 4) is 5.75 Å². The van der Waals surface area contributed by atoms with Crippen molar-refractivity contribution in [3.63, 3.8) is 0 Å². The maximum absolute atomic E-state index is 12.7. The van der Waals surface area contributed by atoms with E-state index in [1.807, 2.05) is 44.2 Å². The second-order valence-corrected chi connectivity index (χ2v) is 9.15. The number of para-hydroxylation sites is 1. The molecule has 1 N–H and O–H groups in total. The summed E-state index contributed by atoms with van der Waals surface area (Å²) in [5, 5.41) is 2.86. The number of methoxy groups -OCH3 is 1. The minimum absolute atomic E-state index is 0.324. The van der Waals surface area contributed by atoms with Gasteiger partial charge in [0, 0.05) is 6.54 Å². The summed E-state index contributed by atoms with van der Waals surface area (Å²) < 4.78 is 31.4. The predicted molar refractivity (Wildman–Crippen MR) is 117 cm³/mol. The van der Waals surface area contributed by atoms with Gasteiger partial charge in [0.2, 0.25) is 15.9 Å². The number of carbonyl (C=O) groups is 1. The van der Waals surface area contributed by atoms with Crippen LogP contribution in [-0.4, -0.2) is 40.3 Å². The Hall–Kier alpha value is -2.54. The number of aryl methyl sites for hydroxylation is 3. The molecule has 0 aliphatic rings. The standard InChI is InChI=1S/C22H30N2O4S/c1-16-13-17(2)15-20(14-16)24(29(5,26)27)18(3)22(25)23-12-8-10-19-9-6-7-11-21(19)28-4/h6-7,9,11,13-15,18H,8,10,12H2,1-5H3,(H,23,25)/t18-/m0/s1. The lowest BCUT2D eigenvalue weighted by molar-refractivity contribution is -0.121. The first-order chi connectivity index (χ1) is 13.6. The third kappa shape index (κ3) is 6.22. The van der Waals surface area contributed by atoms with Gasteiger partial charge >= 0.3 is 0 Å². The van der Waals surface area contributed by atoms with Crippen LogP contribution in [-0.2, 0) is 21.2 Å². The lowest BCUT2D eigenvalue weighted by Crippen LogP contribution is -2.48. The van der Waals surface area contributed by atoms with Crippen LogP contribution in [0.1, 0.15) is 30.0 Å². The molecule has 0 spiro atoms. The zero-order valence-electron chi connectivity index (χ0n) is 17.7. The van der Waals surface area contributed by atoms with Gasteiger partial charge in [0.15, 0.2) is 0 Å². The van der Waals surface area contributed by atoms with Gasteiger partial charge < -0.3 is 10.1 Å². The van der Waals surface area contributed by atoms with Gasteiger partial charge in [-0.1, -0.05) is 24.3 Å². The number of hydrogen-bond donors (Lipinski definition) is 1. The third-order valence-corrected chi connectivity index (χ3v) is 5.91. The molecular weight excluding hydrogens is 388 g/mol. The van der Waals surface area contributed by atoms with E-state index in [0.717, 1.165) is 41.5 Å². The molecule has 158 valence electrons. The Morgan fingerprint density at radius 3 is 2.34 bits per heavy atom. The first-order valence-corrected chi connectivity index (χ1v) is 11.5. The summed E-state index contributed by atoms with van der Waals surface area (Å²) in [6.45, 7) is 5.86. The second-order valence-electron chi connectivity index (χ2n) is 7.29. The van der Waals surface area contributed by atoms with E-state index in [-0.39, 0.29) is 5.91 Å². The molecular formula is C22H30N2O4S. The van der Waals surface area contributed by atoms with Crippen LogP contribution in [0.3, 0.4) is 0 Å². The van der Waals surface area contributed by atoms with Crippen LogP contribution in [0.15, 0.2) is 42.5 Å². The van der Waals surface area contributed by atoms with E-state index < -0.39 is 16.1 Å². The second kappa shape index (κ2) is 9.78. The van der Waals surface area contributed by atoms with Gasteiger partial charge in [-0.25, -0.2) is 8.42 Å². The summed E-state index contributed by atoms with van der Waals surface area (Å²) in [6, 6.07) is 12.4. The van der Waals surface area contributed by atoms with Crippen molar-refractivity contribution in [3.05, 3.63) is 59.2 Å². The summed E-state index contributed by atoms with van der Waals surface area (Å²) in [5.74, 6) is 0.500.